The average molecular weight is 454 g/mol. The molecule has 164 valence electrons. The van der Waals surface area contributed by atoms with Gasteiger partial charge in [0.15, 0.2) is 17.0 Å². The number of halogens is 1. The van der Waals surface area contributed by atoms with Gasteiger partial charge in [-0.2, -0.15) is 4.31 Å². The summed E-state index contributed by atoms with van der Waals surface area (Å²) < 4.78 is 42.0. The van der Waals surface area contributed by atoms with Crippen molar-refractivity contribution in [1.82, 2.24) is 29.3 Å². The van der Waals surface area contributed by atoms with Crippen LogP contribution in [-0.2, 0) is 16.6 Å². The van der Waals surface area contributed by atoms with E-state index in [4.69, 9.17) is 0 Å². The molecule has 4 aromatic rings. The lowest BCUT2D eigenvalue weighted by Crippen LogP contribution is -2.49. The summed E-state index contributed by atoms with van der Waals surface area (Å²) in [5.74, 6) is 0.162. The Labute approximate surface area is 184 Å². The first-order valence-corrected chi connectivity index (χ1v) is 11.6. The van der Waals surface area contributed by atoms with E-state index in [0.717, 1.165) is 17.7 Å². The standard InChI is InChI=1S/C21H20FN7O2S/c22-17-6-8-18(9-7-17)32(30,31)28-12-10-27(11-13-28)20-19-21(24-15-23-20)29(26-25-19)14-16-4-2-1-3-5-16/h1-9,15H,10-14H2. The topological polar surface area (TPSA) is 97.1 Å². The Morgan fingerprint density at radius 1 is 0.906 bits per heavy atom. The predicted octanol–water partition coefficient (Wildman–Crippen LogP) is 1.92. The van der Waals surface area contributed by atoms with Crippen LogP contribution in [0.1, 0.15) is 5.56 Å². The largest absolute Gasteiger partial charge is 0.352 e. The highest BCUT2D eigenvalue weighted by molar-refractivity contribution is 7.89. The zero-order valence-electron chi connectivity index (χ0n) is 17.0. The number of aromatic nitrogens is 5. The molecule has 3 heterocycles. The van der Waals surface area contributed by atoms with Crippen LogP contribution >= 0.6 is 0 Å². The monoisotopic (exact) mass is 453 g/mol. The molecule has 2 aromatic carbocycles. The summed E-state index contributed by atoms with van der Waals surface area (Å²) in [6.07, 6.45) is 1.48. The van der Waals surface area contributed by atoms with Crippen LogP contribution in [0.25, 0.3) is 11.2 Å². The van der Waals surface area contributed by atoms with Crippen molar-refractivity contribution in [3.05, 3.63) is 72.3 Å². The Kier molecular flexibility index (Phi) is 5.27. The number of anilines is 1. The number of benzene rings is 2. The van der Waals surface area contributed by atoms with Gasteiger partial charge >= 0.3 is 0 Å². The second-order valence-corrected chi connectivity index (χ2v) is 9.39. The number of piperazine rings is 1. The van der Waals surface area contributed by atoms with E-state index < -0.39 is 15.8 Å². The maximum atomic E-state index is 13.2. The average Bonchev–Trinajstić information content (AvgIpc) is 3.23. The molecule has 1 aliphatic rings. The van der Waals surface area contributed by atoms with Gasteiger partial charge in [0.2, 0.25) is 10.0 Å². The van der Waals surface area contributed by atoms with Gasteiger partial charge in [0, 0.05) is 26.2 Å². The maximum Gasteiger partial charge on any atom is 0.243 e. The molecular weight excluding hydrogens is 433 g/mol. The van der Waals surface area contributed by atoms with Gasteiger partial charge < -0.3 is 4.90 Å². The second-order valence-electron chi connectivity index (χ2n) is 7.45. The summed E-state index contributed by atoms with van der Waals surface area (Å²) in [7, 11) is -3.68. The van der Waals surface area contributed by atoms with Crippen LogP contribution in [0, 0.1) is 5.82 Å². The van der Waals surface area contributed by atoms with Crippen LogP contribution in [0.2, 0.25) is 0 Å². The normalized spacial score (nSPS) is 15.3. The fourth-order valence-corrected chi connectivity index (χ4v) is 5.19. The number of hydrogen-bond donors (Lipinski definition) is 0. The van der Waals surface area contributed by atoms with Crippen LogP contribution < -0.4 is 4.90 Å². The fourth-order valence-electron chi connectivity index (χ4n) is 3.77. The van der Waals surface area contributed by atoms with Gasteiger partial charge in [0.1, 0.15) is 12.1 Å². The Morgan fingerprint density at radius 2 is 1.62 bits per heavy atom. The molecule has 0 N–H and O–H groups in total. The molecule has 11 heteroatoms. The summed E-state index contributed by atoms with van der Waals surface area (Å²) in [4.78, 5) is 10.8. The molecule has 1 fully saturated rings. The molecule has 0 saturated carbocycles. The first-order valence-electron chi connectivity index (χ1n) is 10.1. The van der Waals surface area contributed by atoms with Crippen molar-refractivity contribution in [2.75, 3.05) is 31.1 Å². The van der Waals surface area contributed by atoms with Gasteiger partial charge in [-0.25, -0.2) is 27.5 Å². The Balaban J connectivity index is 1.34. The van der Waals surface area contributed by atoms with Crippen LogP contribution in [-0.4, -0.2) is 63.9 Å². The number of sulfonamides is 1. The molecular formula is C21H20FN7O2S. The summed E-state index contributed by atoms with van der Waals surface area (Å²) in [5.41, 5.74) is 2.29. The van der Waals surface area contributed by atoms with Crippen LogP contribution in [0.5, 0.6) is 0 Å². The lowest BCUT2D eigenvalue weighted by Gasteiger charge is -2.34. The number of rotatable bonds is 5. The first kappa shape index (κ1) is 20.5. The molecule has 1 saturated heterocycles. The molecule has 5 rings (SSSR count). The zero-order valence-corrected chi connectivity index (χ0v) is 17.9. The summed E-state index contributed by atoms with van der Waals surface area (Å²) in [6, 6.07) is 14.8. The van der Waals surface area contributed by atoms with E-state index in [1.807, 2.05) is 35.2 Å². The van der Waals surface area contributed by atoms with Crippen molar-refractivity contribution in [3.8, 4) is 0 Å². The van der Waals surface area contributed by atoms with E-state index in [9.17, 15) is 12.8 Å². The lowest BCUT2D eigenvalue weighted by molar-refractivity contribution is 0.384. The van der Waals surface area contributed by atoms with E-state index in [1.165, 1.54) is 22.8 Å². The molecule has 0 radical (unpaired) electrons. The Hall–Kier alpha value is -3.44. The van der Waals surface area contributed by atoms with Crippen molar-refractivity contribution in [1.29, 1.82) is 0 Å². The van der Waals surface area contributed by atoms with Crippen molar-refractivity contribution in [3.63, 3.8) is 0 Å². The lowest BCUT2D eigenvalue weighted by atomic mass is 10.2. The third-order valence-electron chi connectivity index (χ3n) is 5.45. The van der Waals surface area contributed by atoms with Crippen LogP contribution in [0.15, 0.2) is 65.8 Å². The van der Waals surface area contributed by atoms with E-state index in [-0.39, 0.29) is 18.0 Å². The smallest absolute Gasteiger partial charge is 0.243 e. The van der Waals surface area contributed by atoms with Gasteiger partial charge in [-0.3, -0.25) is 0 Å². The van der Waals surface area contributed by atoms with E-state index in [2.05, 4.69) is 20.3 Å². The second kappa shape index (κ2) is 8.24. The van der Waals surface area contributed by atoms with E-state index in [1.54, 1.807) is 4.68 Å². The van der Waals surface area contributed by atoms with E-state index in [0.29, 0.717) is 36.6 Å². The molecule has 0 amide bonds. The Bertz CT molecular complexity index is 1340. The maximum absolute atomic E-state index is 13.2. The van der Waals surface area contributed by atoms with Crippen molar-refractivity contribution in [2.24, 2.45) is 0 Å². The summed E-state index contributed by atoms with van der Waals surface area (Å²) in [5, 5.41) is 8.54. The molecule has 0 unspecified atom stereocenters. The summed E-state index contributed by atoms with van der Waals surface area (Å²) in [6.45, 7) is 1.99. The molecule has 32 heavy (non-hydrogen) atoms. The molecule has 0 atom stereocenters. The zero-order chi connectivity index (χ0) is 22.1. The minimum Gasteiger partial charge on any atom is -0.352 e. The highest BCUT2D eigenvalue weighted by Crippen LogP contribution is 2.24. The van der Waals surface area contributed by atoms with Crippen LogP contribution in [0.4, 0.5) is 10.2 Å². The highest BCUT2D eigenvalue weighted by atomic mass is 32.2. The predicted molar refractivity (Wildman–Crippen MR) is 116 cm³/mol. The van der Waals surface area contributed by atoms with Gasteiger partial charge in [-0.05, 0) is 29.8 Å². The third kappa shape index (κ3) is 3.80. The molecule has 0 spiro atoms. The molecule has 9 nitrogen and oxygen atoms in total. The number of fused-ring (bicyclic) bond motifs is 1. The number of hydrogen-bond acceptors (Lipinski definition) is 7. The van der Waals surface area contributed by atoms with E-state index >= 15 is 0 Å². The number of nitrogens with zero attached hydrogens (tertiary/aromatic N) is 7. The molecule has 0 aliphatic carbocycles. The van der Waals surface area contributed by atoms with Crippen molar-refractivity contribution in [2.45, 2.75) is 11.4 Å². The molecule has 1 aliphatic heterocycles. The fraction of sp³-hybridized carbons (Fsp3) is 0.238. The van der Waals surface area contributed by atoms with Crippen molar-refractivity contribution >= 4 is 27.0 Å². The highest BCUT2D eigenvalue weighted by Gasteiger charge is 2.30. The third-order valence-corrected chi connectivity index (χ3v) is 7.36. The molecule has 2 aromatic heterocycles. The summed E-state index contributed by atoms with van der Waals surface area (Å²) >= 11 is 0. The van der Waals surface area contributed by atoms with Gasteiger partial charge in [0.25, 0.3) is 0 Å². The minimum absolute atomic E-state index is 0.0839. The van der Waals surface area contributed by atoms with Crippen LogP contribution in [0.3, 0.4) is 0 Å². The van der Waals surface area contributed by atoms with Gasteiger partial charge in [-0.1, -0.05) is 35.5 Å². The quantitative estimate of drug-likeness (QED) is 0.455. The van der Waals surface area contributed by atoms with Crippen molar-refractivity contribution < 1.29 is 12.8 Å². The SMILES string of the molecule is O=S(=O)(c1ccc(F)cc1)N1CCN(c2ncnc3c2nnn3Cc2ccccc2)CC1. The molecule has 0 bridgehead atoms. The minimum atomic E-state index is -3.68. The first-order chi connectivity index (χ1) is 15.5. The van der Waals surface area contributed by atoms with Gasteiger partial charge in [0.05, 0.1) is 11.4 Å². The Morgan fingerprint density at radius 3 is 2.34 bits per heavy atom. The van der Waals surface area contributed by atoms with Gasteiger partial charge in [-0.15, -0.1) is 5.10 Å².